The number of aromatic amines is 1. The standard InChI is InChI=1S/C3H2Br2N2/c4-2-1-6-3(5)7-2/h1H,(H,6,7)/i1D. The van der Waals surface area contributed by atoms with E-state index in [2.05, 4.69) is 41.8 Å². The van der Waals surface area contributed by atoms with E-state index in [1.807, 2.05) is 0 Å². The fourth-order valence-electron chi connectivity index (χ4n) is 0.245. The molecule has 0 aliphatic heterocycles. The fraction of sp³-hybridized carbons (Fsp3) is 0. The van der Waals surface area contributed by atoms with Crippen LogP contribution in [0.2, 0.25) is 0 Å². The van der Waals surface area contributed by atoms with Crippen LogP contribution >= 0.6 is 31.9 Å². The maximum Gasteiger partial charge on any atom is 0.175 e. The highest BCUT2D eigenvalue weighted by Gasteiger charge is 1.87. The highest BCUT2D eigenvalue weighted by atomic mass is 79.9. The summed E-state index contributed by atoms with van der Waals surface area (Å²) in [7, 11) is 0. The van der Waals surface area contributed by atoms with E-state index in [0.717, 1.165) is 0 Å². The van der Waals surface area contributed by atoms with Crippen molar-refractivity contribution in [1.29, 1.82) is 0 Å². The number of nitrogens with one attached hydrogen (secondary N) is 1. The van der Waals surface area contributed by atoms with Crippen LogP contribution in [0.15, 0.2) is 15.5 Å². The van der Waals surface area contributed by atoms with Crippen LogP contribution < -0.4 is 0 Å². The lowest BCUT2D eigenvalue weighted by atomic mass is 11.0. The van der Waals surface area contributed by atoms with Crippen molar-refractivity contribution in [3.8, 4) is 0 Å². The Balaban J connectivity index is 3.14. The normalized spacial score (nSPS) is 11.4. The first-order valence-corrected chi connectivity index (χ1v) is 3.16. The van der Waals surface area contributed by atoms with Crippen molar-refractivity contribution < 1.29 is 1.37 Å². The van der Waals surface area contributed by atoms with Crippen molar-refractivity contribution in [3.05, 3.63) is 15.5 Å². The van der Waals surface area contributed by atoms with Gasteiger partial charge in [-0.3, -0.25) is 0 Å². The number of hydrogen-bond donors (Lipinski definition) is 1. The van der Waals surface area contributed by atoms with E-state index >= 15 is 0 Å². The summed E-state index contributed by atoms with van der Waals surface area (Å²) in [4.78, 5) is 6.43. The number of hydrogen-bond acceptors (Lipinski definition) is 1. The molecule has 0 aromatic carbocycles. The molecule has 7 heavy (non-hydrogen) atoms. The van der Waals surface area contributed by atoms with Crippen molar-refractivity contribution in [2.75, 3.05) is 0 Å². The largest absolute Gasteiger partial charge is 0.327 e. The lowest BCUT2D eigenvalue weighted by molar-refractivity contribution is 1.23. The van der Waals surface area contributed by atoms with E-state index < -0.39 is 0 Å². The smallest absolute Gasteiger partial charge is 0.175 e. The maximum absolute atomic E-state index is 7.02. The summed E-state index contributed by atoms with van der Waals surface area (Å²) in [6, 6.07) is 0. The van der Waals surface area contributed by atoms with E-state index in [1.165, 1.54) is 0 Å². The van der Waals surface area contributed by atoms with Crippen molar-refractivity contribution in [2.24, 2.45) is 0 Å². The van der Waals surface area contributed by atoms with Gasteiger partial charge in [0.1, 0.15) is 4.60 Å². The average molecular weight is 227 g/mol. The first-order valence-electron chi connectivity index (χ1n) is 2.08. The predicted octanol–water partition coefficient (Wildman–Crippen LogP) is 1.93. The molecule has 1 heterocycles. The molecule has 0 unspecified atom stereocenters. The van der Waals surface area contributed by atoms with Crippen LogP contribution in [0, 0.1) is 0 Å². The van der Waals surface area contributed by atoms with Gasteiger partial charge in [0.25, 0.3) is 0 Å². The molecule has 1 N–H and O–H groups in total. The number of halogens is 2. The van der Waals surface area contributed by atoms with Gasteiger partial charge in [-0.15, -0.1) is 0 Å². The molecule has 0 saturated heterocycles. The zero-order valence-corrected chi connectivity index (χ0v) is 6.38. The Morgan fingerprint density at radius 1 is 1.86 bits per heavy atom. The third-order valence-electron chi connectivity index (χ3n) is 0.465. The molecule has 0 saturated carbocycles. The Bertz CT molecular complexity index is 178. The molecule has 0 amide bonds. The average Bonchev–Trinajstić information content (AvgIpc) is 1.85. The van der Waals surface area contributed by atoms with Crippen LogP contribution in [0.25, 0.3) is 0 Å². The molecular weight excluding hydrogens is 224 g/mol. The number of nitrogens with zero attached hydrogens (tertiary/aromatic N) is 1. The highest BCUT2D eigenvalue weighted by molar-refractivity contribution is 9.11. The van der Waals surface area contributed by atoms with E-state index in [9.17, 15) is 0 Å². The zero-order valence-electron chi connectivity index (χ0n) is 4.20. The van der Waals surface area contributed by atoms with Crippen LogP contribution in [0.3, 0.4) is 0 Å². The van der Waals surface area contributed by atoms with Crippen molar-refractivity contribution in [1.82, 2.24) is 9.97 Å². The minimum Gasteiger partial charge on any atom is -0.327 e. The number of imidazole rings is 1. The molecule has 1 aromatic heterocycles. The number of aromatic nitrogens is 2. The summed E-state index contributed by atoms with van der Waals surface area (Å²) < 4.78 is 8.20. The second kappa shape index (κ2) is 1.96. The third kappa shape index (κ3) is 1.28. The zero-order chi connectivity index (χ0) is 6.15. The maximum atomic E-state index is 7.02. The van der Waals surface area contributed by atoms with Gasteiger partial charge in [-0.05, 0) is 31.9 Å². The minimum absolute atomic E-state index is 0.219. The van der Waals surface area contributed by atoms with Gasteiger partial charge in [-0.2, -0.15) is 0 Å². The molecule has 0 atom stereocenters. The monoisotopic (exact) mass is 225 g/mol. The fourth-order valence-corrected chi connectivity index (χ4v) is 1.07. The van der Waals surface area contributed by atoms with Gasteiger partial charge in [0.05, 0.1) is 7.54 Å². The molecule has 2 nitrogen and oxygen atoms in total. The second-order valence-corrected chi connectivity index (χ2v) is 2.50. The molecule has 4 heteroatoms. The SMILES string of the molecule is [2H]c1nc(Br)[nH]c1Br. The quantitative estimate of drug-likeness (QED) is 0.720. The molecule has 0 aliphatic rings. The Labute approximate surface area is 59.0 Å². The number of H-pyrrole nitrogens is 1. The van der Waals surface area contributed by atoms with Crippen LogP contribution in [-0.2, 0) is 0 Å². The van der Waals surface area contributed by atoms with Gasteiger partial charge in [-0.1, -0.05) is 0 Å². The summed E-state index contributed by atoms with van der Waals surface area (Å²) in [5.41, 5.74) is 0. The van der Waals surface area contributed by atoms with E-state index in [4.69, 9.17) is 1.37 Å². The lowest BCUT2D eigenvalue weighted by Gasteiger charge is -1.70. The molecule has 0 bridgehead atoms. The summed E-state index contributed by atoms with van der Waals surface area (Å²) in [6.07, 6.45) is 0.219. The van der Waals surface area contributed by atoms with Crippen molar-refractivity contribution in [2.45, 2.75) is 0 Å². The molecule has 0 radical (unpaired) electrons. The van der Waals surface area contributed by atoms with Crippen LogP contribution in [0.4, 0.5) is 0 Å². The topological polar surface area (TPSA) is 28.7 Å². The van der Waals surface area contributed by atoms with E-state index in [0.29, 0.717) is 9.34 Å². The highest BCUT2D eigenvalue weighted by Crippen LogP contribution is 2.08. The molecule has 0 spiro atoms. The van der Waals surface area contributed by atoms with Gasteiger partial charge in [-0.25, -0.2) is 4.98 Å². The summed E-state index contributed by atoms with van der Waals surface area (Å²) in [6.45, 7) is 0. The molecular formula is C3H2Br2N2. The molecule has 0 aliphatic carbocycles. The number of rotatable bonds is 0. The van der Waals surface area contributed by atoms with Crippen molar-refractivity contribution in [3.63, 3.8) is 0 Å². The Hall–Kier alpha value is 0.170. The summed E-state index contributed by atoms with van der Waals surface area (Å²) in [5, 5.41) is 0. The van der Waals surface area contributed by atoms with Gasteiger partial charge in [0.2, 0.25) is 0 Å². The Kier molecular flexibility index (Phi) is 1.15. The molecule has 1 rings (SSSR count). The van der Waals surface area contributed by atoms with Crippen LogP contribution in [0.1, 0.15) is 1.37 Å². The lowest BCUT2D eigenvalue weighted by Crippen LogP contribution is -1.59. The first-order chi connectivity index (χ1) is 3.70. The van der Waals surface area contributed by atoms with Crippen LogP contribution in [-0.4, -0.2) is 9.97 Å². The Morgan fingerprint density at radius 3 is 2.71 bits per heavy atom. The van der Waals surface area contributed by atoms with E-state index in [1.54, 1.807) is 0 Å². The third-order valence-corrected chi connectivity index (χ3v) is 1.22. The van der Waals surface area contributed by atoms with Crippen LogP contribution in [0.5, 0.6) is 0 Å². The minimum atomic E-state index is 0.219. The summed E-state index contributed by atoms with van der Waals surface area (Å²) in [5.74, 6) is 0. The van der Waals surface area contributed by atoms with Gasteiger partial charge in [0.15, 0.2) is 4.73 Å². The predicted molar refractivity (Wildman–Crippen MR) is 34.0 cm³/mol. The Morgan fingerprint density at radius 2 is 2.57 bits per heavy atom. The second-order valence-electron chi connectivity index (χ2n) is 0.953. The van der Waals surface area contributed by atoms with Gasteiger partial charge >= 0.3 is 0 Å². The van der Waals surface area contributed by atoms with E-state index in [-0.39, 0.29) is 6.17 Å². The first kappa shape index (κ1) is 4.09. The molecule has 0 fully saturated rings. The summed E-state index contributed by atoms with van der Waals surface area (Å²) >= 11 is 6.15. The molecule has 1 aromatic rings. The van der Waals surface area contributed by atoms with Crippen molar-refractivity contribution >= 4 is 31.9 Å². The van der Waals surface area contributed by atoms with Gasteiger partial charge in [0, 0.05) is 0 Å². The molecule has 38 valence electrons. The van der Waals surface area contributed by atoms with Gasteiger partial charge < -0.3 is 4.98 Å².